The first-order valence-corrected chi connectivity index (χ1v) is 5.70. The minimum absolute atomic E-state index is 0.230. The van der Waals surface area contributed by atoms with Gasteiger partial charge in [-0.3, -0.25) is 4.79 Å². The molecule has 0 aromatic carbocycles. The number of hydrogen-bond donors (Lipinski definition) is 2. The summed E-state index contributed by atoms with van der Waals surface area (Å²) in [6.45, 7) is 0.551. The van der Waals surface area contributed by atoms with Gasteiger partial charge in [0.25, 0.3) is 5.91 Å². The lowest BCUT2D eigenvalue weighted by molar-refractivity contribution is 0.0942. The highest BCUT2D eigenvalue weighted by Gasteiger charge is 2.23. The highest BCUT2D eigenvalue weighted by molar-refractivity contribution is 5.93. The normalized spacial score (nSPS) is 23.6. The quantitative estimate of drug-likeness (QED) is 0.803. The van der Waals surface area contributed by atoms with Gasteiger partial charge in [0.1, 0.15) is 6.26 Å². The van der Waals surface area contributed by atoms with Crippen LogP contribution in [0.15, 0.2) is 27.6 Å². The third-order valence-corrected chi connectivity index (χ3v) is 3.03. The number of carbonyl (C=O) groups excluding carboxylic acids is 1. The molecule has 1 heterocycles. The number of nitrogens with one attached hydrogen (secondary N) is 1. The first kappa shape index (κ1) is 11.9. The zero-order chi connectivity index (χ0) is 12.3. The summed E-state index contributed by atoms with van der Waals surface area (Å²) in [5.41, 5.74) is -0.136. The standard InChI is InChI=1S/C12H15NO4/c14-10-3-1-8(5-10)6-13-12(16)9-2-4-11(15)17-7-9/h2,4,7-8,10,14H,1,3,5-6H2,(H,13,16). The van der Waals surface area contributed by atoms with Gasteiger partial charge in [0.05, 0.1) is 11.7 Å². The Morgan fingerprint density at radius 2 is 2.29 bits per heavy atom. The molecule has 2 N–H and O–H groups in total. The number of carbonyl (C=O) groups is 1. The Bertz CT molecular complexity index is 434. The maximum atomic E-state index is 11.7. The Labute approximate surface area is 98.5 Å². The van der Waals surface area contributed by atoms with Gasteiger partial charge in [-0.2, -0.15) is 0 Å². The number of aliphatic hydroxyl groups is 1. The first-order chi connectivity index (χ1) is 8.15. The summed E-state index contributed by atoms with van der Waals surface area (Å²) in [6.07, 6.45) is 3.41. The number of amides is 1. The Morgan fingerprint density at radius 1 is 1.47 bits per heavy atom. The van der Waals surface area contributed by atoms with E-state index in [9.17, 15) is 14.7 Å². The van der Waals surface area contributed by atoms with E-state index in [0.29, 0.717) is 18.0 Å². The van der Waals surface area contributed by atoms with Gasteiger partial charge in [-0.25, -0.2) is 4.79 Å². The number of rotatable bonds is 3. The molecule has 1 fully saturated rings. The van der Waals surface area contributed by atoms with Crippen molar-refractivity contribution in [3.8, 4) is 0 Å². The van der Waals surface area contributed by atoms with E-state index >= 15 is 0 Å². The monoisotopic (exact) mass is 237 g/mol. The average Bonchev–Trinajstić information content (AvgIpc) is 2.73. The van der Waals surface area contributed by atoms with Crippen molar-refractivity contribution >= 4 is 5.91 Å². The summed E-state index contributed by atoms with van der Waals surface area (Å²) in [5.74, 6) is 0.0832. The van der Waals surface area contributed by atoms with Crippen LogP contribution in [0, 0.1) is 5.92 Å². The molecule has 5 heteroatoms. The van der Waals surface area contributed by atoms with Crippen LogP contribution >= 0.6 is 0 Å². The van der Waals surface area contributed by atoms with Crippen LogP contribution in [0.1, 0.15) is 29.6 Å². The topological polar surface area (TPSA) is 79.5 Å². The fraction of sp³-hybridized carbons (Fsp3) is 0.500. The molecule has 1 saturated carbocycles. The maximum Gasteiger partial charge on any atom is 0.335 e. The molecule has 2 unspecified atom stereocenters. The van der Waals surface area contributed by atoms with Crippen molar-refractivity contribution in [3.05, 3.63) is 34.4 Å². The van der Waals surface area contributed by atoms with E-state index in [1.807, 2.05) is 0 Å². The van der Waals surface area contributed by atoms with E-state index in [2.05, 4.69) is 9.73 Å². The molecule has 0 saturated heterocycles. The molecule has 1 amide bonds. The molecule has 92 valence electrons. The van der Waals surface area contributed by atoms with Gasteiger partial charge >= 0.3 is 5.63 Å². The Morgan fingerprint density at radius 3 is 2.88 bits per heavy atom. The van der Waals surface area contributed by atoms with E-state index in [1.165, 1.54) is 12.1 Å². The fourth-order valence-corrected chi connectivity index (χ4v) is 2.06. The molecule has 5 nitrogen and oxygen atoms in total. The van der Waals surface area contributed by atoms with Crippen LogP contribution < -0.4 is 10.9 Å². The van der Waals surface area contributed by atoms with Crippen LogP contribution in [0.5, 0.6) is 0 Å². The van der Waals surface area contributed by atoms with Crippen molar-refractivity contribution in [1.82, 2.24) is 5.32 Å². The summed E-state index contributed by atoms with van der Waals surface area (Å²) in [5, 5.41) is 12.1. The number of aliphatic hydroxyl groups excluding tert-OH is 1. The molecule has 17 heavy (non-hydrogen) atoms. The predicted molar refractivity (Wildman–Crippen MR) is 60.7 cm³/mol. The van der Waals surface area contributed by atoms with Gasteiger partial charge in [0.15, 0.2) is 0 Å². The van der Waals surface area contributed by atoms with E-state index in [1.54, 1.807) is 0 Å². The SMILES string of the molecule is O=C(NCC1CCC(O)C1)c1ccc(=O)oc1. The van der Waals surface area contributed by atoms with Crippen LogP contribution in [-0.4, -0.2) is 23.7 Å². The lowest BCUT2D eigenvalue weighted by atomic mass is 10.1. The lowest BCUT2D eigenvalue weighted by Crippen LogP contribution is -2.28. The van der Waals surface area contributed by atoms with Crippen LogP contribution in [0.25, 0.3) is 0 Å². The van der Waals surface area contributed by atoms with E-state index in [0.717, 1.165) is 25.5 Å². The minimum atomic E-state index is -0.472. The van der Waals surface area contributed by atoms with Gasteiger partial charge in [-0.15, -0.1) is 0 Å². The van der Waals surface area contributed by atoms with Crippen LogP contribution in [0.3, 0.4) is 0 Å². The molecular formula is C12H15NO4. The molecule has 0 aliphatic heterocycles. The molecule has 2 rings (SSSR count). The van der Waals surface area contributed by atoms with Crippen molar-refractivity contribution in [2.75, 3.05) is 6.54 Å². The predicted octanol–water partition coefficient (Wildman–Crippen LogP) is 0.531. The van der Waals surface area contributed by atoms with Crippen molar-refractivity contribution in [2.45, 2.75) is 25.4 Å². The van der Waals surface area contributed by atoms with Crippen molar-refractivity contribution in [2.24, 2.45) is 5.92 Å². The molecular weight excluding hydrogens is 222 g/mol. The van der Waals surface area contributed by atoms with Crippen molar-refractivity contribution < 1.29 is 14.3 Å². The van der Waals surface area contributed by atoms with Gasteiger partial charge in [-0.05, 0) is 31.2 Å². The van der Waals surface area contributed by atoms with Crippen LogP contribution in [0.4, 0.5) is 0 Å². The zero-order valence-corrected chi connectivity index (χ0v) is 9.39. The van der Waals surface area contributed by atoms with E-state index in [4.69, 9.17) is 0 Å². The second-order valence-electron chi connectivity index (χ2n) is 4.39. The highest BCUT2D eigenvalue weighted by atomic mass is 16.4. The van der Waals surface area contributed by atoms with Crippen molar-refractivity contribution in [1.29, 1.82) is 0 Å². The summed E-state index contributed by atoms with van der Waals surface area (Å²) >= 11 is 0. The molecule has 0 radical (unpaired) electrons. The van der Waals surface area contributed by atoms with Crippen molar-refractivity contribution in [3.63, 3.8) is 0 Å². The molecule has 1 aromatic rings. The summed E-state index contributed by atoms with van der Waals surface area (Å²) in [7, 11) is 0. The number of hydrogen-bond acceptors (Lipinski definition) is 4. The molecule has 1 aliphatic carbocycles. The summed E-state index contributed by atoms with van der Waals surface area (Å²) in [4.78, 5) is 22.4. The van der Waals surface area contributed by atoms with Crippen LogP contribution in [-0.2, 0) is 0 Å². The zero-order valence-electron chi connectivity index (χ0n) is 9.39. The Balaban J connectivity index is 1.85. The molecule has 0 spiro atoms. The Kier molecular flexibility index (Phi) is 3.58. The van der Waals surface area contributed by atoms with E-state index < -0.39 is 5.63 Å². The molecule has 1 aromatic heterocycles. The Hall–Kier alpha value is -1.62. The van der Waals surface area contributed by atoms with Gasteiger partial charge in [-0.1, -0.05) is 0 Å². The lowest BCUT2D eigenvalue weighted by Gasteiger charge is -2.10. The van der Waals surface area contributed by atoms with Crippen LogP contribution in [0.2, 0.25) is 0 Å². The third-order valence-electron chi connectivity index (χ3n) is 3.03. The smallest absolute Gasteiger partial charge is 0.335 e. The fourth-order valence-electron chi connectivity index (χ4n) is 2.06. The molecule has 0 bridgehead atoms. The highest BCUT2D eigenvalue weighted by Crippen LogP contribution is 2.24. The second kappa shape index (κ2) is 5.14. The second-order valence-corrected chi connectivity index (χ2v) is 4.39. The van der Waals surface area contributed by atoms with Gasteiger partial charge < -0.3 is 14.8 Å². The average molecular weight is 237 g/mol. The molecule has 1 aliphatic rings. The van der Waals surface area contributed by atoms with E-state index in [-0.39, 0.29) is 12.0 Å². The minimum Gasteiger partial charge on any atom is -0.430 e. The summed E-state index contributed by atoms with van der Waals surface area (Å²) in [6, 6.07) is 2.65. The maximum absolute atomic E-state index is 11.7. The van der Waals surface area contributed by atoms with Gasteiger partial charge in [0, 0.05) is 12.6 Å². The summed E-state index contributed by atoms with van der Waals surface area (Å²) < 4.78 is 4.61. The largest absolute Gasteiger partial charge is 0.430 e. The molecule has 2 atom stereocenters. The van der Waals surface area contributed by atoms with Gasteiger partial charge in [0.2, 0.25) is 0 Å². The first-order valence-electron chi connectivity index (χ1n) is 5.70. The third kappa shape index (κ3) is 3.17.